The fourth-order valence-electron chi connectivity index (χ4n) is 3.77. The number of piperazine rings is 1. The maximum Gasteiger partial charge on any atom is 0.269 e. The quantitative estimate of drug-likeness (QED) is 0.517. The van der Waals surface area contributed by atoms with E-state index in [1.165, 1.54) is 12.1 Å². The van der Waals surface area contributed by atoms with Gasteiger partial charge >= 0.3 is 0 Å². The van der Waals surface area contributed by atoms with E-state index in [9.17, 15) is 14.9 Å². The predicted octanol–water partition coefficient (Wildman–Crippen LogP) is 3.29. The first kappa shape index (κ1) is 19.8. The highest BCUT2D eigenvalue weighted by Gasteiger charge is 2.26. The van der Waals surface area contributed by atoms with E-state index in [0.717, 1.165) is 48.5 Å². The van der Waals surface area contributed by atoms with E-state index in [4.69, 9.17) is 0 Å². The lowest BCUT2D eigenvalue weighted by Gasteiger charge is -2.38. The van der Waals surface area contributed by atoms with Crippen LogP contribution in [0.2, 0.25) is 0 Å². The molecule has 1 aliphatic rings. The molecule has 30 heavy (non-hydrogen) atoms. The van der Waals surface area contributed by atoms with Crippen LogP contribution >= 0.6 is 0 Å². The van der Waals surface area contributed by atoms with Crippen molar-refractivity contribution in [3.05, 3.63) is 70.9 Å². The molecule has 1 fully saturated rings. The number of nitro groups is 1. The number of hydrogen-bond donors (Lipinski definition) is 1. The molecule has 8 nitrogen and oxygen atoms in total. The van der Waals surface area contributed by atoms with E-state index in [1.54, 1.807) is 18.3 Å². The summed E-state index contributed by atoms with van der Waals surface area (Å²) in [6.07, 6.45) is 1.74. The zero-order chi connectivity index (χ0) is 21.1. The van der Waals surface area contributed by atoms with Gasteiger partial charge in [0.2, 0.25) is 5.91 Å². The number of pyridine rings is 1. The number of rotatable bonds is 5. The number of benzene rings is 2. The number of carbonyl (C=O) groups is 1. The summed E-state index contributed by atoms with van der Waals surface area (Å²) in [5, 5.41) is 14.8. The summed E-state index contributed by atoms with van der Waals surface area (Å²) in [5.41, 5.74) is 2.66. The lowest BCUT2D eigenvalue weighted by molar-refractivity contribution is -0.384. The SMILES string of the molecule is C[C@@H](C(=O)Nc1cccc2ncccc12)N1CCN(c2ccc([N+](=O)[O-])cc2)CC1. The van der Waals surface area contributed by atoms with Crippen molar-refractivity contribution >= 4 is 33.9 Å². The minimum absolute atomic E-state index is 0.0462. The van der Waals surface area contributed by atoms with Crippen molar-refractivity contribution in [1.29, 1.82) is 0 Å². The number of amides is 1. The summed E-state index contributed by atoms with van der Waals surface area (Å²) in [6, 6.07) is 15.8. The van der Waals surface area contributed by atoms with Crippen molar-refractivity contribution < 1.29 is 9.72 Å². The lowest BCUT2D eigenvalue weighted by atomic mass is 10.1. The molecular weight excluding hydrogens is 382 g/mol. The van der Waals surface area contributed by atoms with Crippen LogP contribution in [0.1, 0.15) is 6.92 Å². The monoisotopic (exact) mass is 405 g/mol. The highest BCUT2D eigenvalue weighted by atomic mass is 16.6. The summed E-state index contributed by atoms with van der Waals surface area (Å²) in [6.45, 7) is 4.91. The van der Waals surface area contributed by atoms with Gasteiger partial charge in [-0.3, -0.25) is 24.8 Å². The number of fused-ring (bicyclic) bond motifs is 1. The third kappa shape index (κ3) is 4.08. The molecule has 154 valence electrons. The van der Waals surface area contributed by atoms with E-state index in [-0.39, 0.29) is 17.6 Å². The number of hydrogen-bond acceptors (Lipinski definition) is 6. The number of nitrogens with one attached hydrogen (secondary N) is 1. The van der Waals surface area contributed by atoms with E-state index >= 15 is 0 Å². The molecule has 1 aromatic heterocycles. The molecule has 1 saturated heterocycles. The van der Waals surface area contributed by atoms with Gasteiger partial charge in [0.1, 0.15) is 0 Å². The van der Waals surface area contributed by atoms with Gasteiger partial charge in [-0.05, 0) is 43.3 Å². The van der Waals surface area contributed by atoms with Gasteiger partial charge in [-0.1, -0.05) is 6.07 Å². The van der Waals surface area contributed by atoms with Gasteiger partial charge in [0.05, 0.1) is 22.2 Å². The van der Waals surface area contributed by atoms with Gasteiger partial charge in [0.25, 0.3) is 5.69 Å². The van der Waals surface area contributed by atoms with Crippen molar-refractivity contribution in [3.63, 3.8) is 0 Å². The van der Waals surface area contributed by atoms with Crippen LogP contribution in [0, 0.1) is 10.1 Å². The second-order valence-corrected chi connectivity index (χ2v) is 7.34. The molecule has 4 rings (SSSR count). The number of nitrogens with zero attached hydrogens (tertiary/aromatic N) is 4. The Hall–Kier alpha value is -3.52. The maximum atomic E-state index is 12.9. The lowest BCUT2D eigenvalue weighted by Crippen LogP contribution is -2.52. The van der Waals surface area contributed by atoms with Crippen molar-refractivity contribution in [2.45, 2.75) is 13.0 Å². The van der Waals surface area contributed by atoms with Gasteiger partial charge in [-0.2, -0.15) is 0 Å². The first-order valence-corrected chi connectivity index (χ1v) is 9.91. The molecule has 2 aromatic carbocycles. The number of carbonyl (C=O) groups excluding carboxylic acids is 1. The second-order valence-electron chi connectivity index (χ2n) is 7.34. The van der Waals surface area contributed by atoms with Crippen LogP contribution in [0.25, 0.3) is 10.9 Å². The van der Waals surface area contributed by atoms with Crippen LogP contribution in [0.5, 0.6) is 0 Å². The Morgan fingerprint density at radius 1 is 1.07 bits per heavy atom. The molecule has 1 atom stereocenters. The van der Waals surface area contributed by atoms with E-state index in [0.29, 0.717) is 0 Å². The van der Waals surface area contributed by atoms with Crippen LogP contribution in [-0.2, 0) is 4.79 Å². The Morgan fingerprint density at radius 2 is 1.80 bits per heavy atom. The predicted molar refractivity (Wildman–Crippen MR) is 117 cm³/mol. The molecule has 1 aliphatic heterocycles. The summed E-state index contributed by atoms with van der Waals surface area (Å²) in [7, 11) is 0. The van der Waals surface area contributed by atoms with E-state index < -0.39 is 4.92 Å². The molecule has 0 aliphatic carbocycles. The van der Waals surface area contributed by atoms with Crippen LogP contribution in [0.3, 0.4) is 0 Å². The number of aromatic nitrogens is 1. The molecule has 0 spiro atoms. The highest BCUT2D eigenvalue weighted by molar-refractivity contribution is 6.02. The molecule has 2 heterocycles. The van der Waals surface area contributed by atoms with Gasteiger partial charge in [-0.15, -0.1) is 0 Å². The van der Waals surface area contributed by atoms with E-state index in [1.807, 2.05) is 37.3 Å². The Balaban J connectivity index is 1.37. The van der Waals surface area contributed by atoms with Crippen molar-refractivity contribution in [2.75, 3.05) is 36.4 Å². The molecule has 8 heteroatoms. The van der Waals surface area contributed by atoms with Gasteiger partial charge < -0.3 is 10.2 Å². The molecule has 3 aromatic rings. The Morgan fingerprint density at radius 3 is 2.50 bits per heavy atom. The number of nitro benzene ring substituents is 1. The fraction of sp³-hybridized carbons (Fsp3) is 0.273. The van der Waals surface area contributed by atoms with Crippen LogP contribution in [0.15, 0.2) is 60.8 Å². The van der Waals surface area contributed by atoms with Crippen molar-refractivity contribution in [3.8, 4) is 0 Å². The molecule has 0 bridgehead atoms. The molecule has 0 radical (unpaired) electrons. The summed E-state index contributed by atoms with van der Waals surface area (Å²) in [4.78, 5) is 31.9. The zero-order valence-electron chi connectivity index (χ0n) is 16.7. The number of non-ortho nitro benzene ring substituents is 1. The average Bonchev–Trinajstić information content (AvgIpc) is 2.79. The topological polar surface area (TPSA) is 91.6 Å². The normalized spacial score (nSPS) is 15.7. The van der Waals surface area contributed by atoms with Crippen LogP contribution < -0.4 is 10.2 Å². The minimum Gasteiger partial charge on any atom is -0.369 e. The zero-order valence-corrected chi connectivity index (χ0v) is 16.7. The second kappa shape index (κ2) is 8.46. The maximum absolute atomic E-state index is 12.9. The molecule has 1 N–H and O–H groups in total. The fourth-order valence-corrected chi connectivity index (χ4v) is 3.77. The number of anilines is 2. The smallest absolute Gasteiger partial charge is 0.269 e. The third-order valence-corrected chi connectivity index (χ3v) is 5.57. The van der Waals surface area contributed by atoms with Gasteiger partial charge in [0, 0.05) is 55.6 Å². The third-order valence-electron chi connectivity index (χ3n) is 5.57. The minimum atomic E-state index is -0.395. The van der Waals surface area contributed by atoms with Crippen molar-refractivity contribution in [2.24, 2.45) is 0 Å². The summed E-state index contributed by atoms with van der Waals surface area (Å²) >= 11 is 0. The summed E-state index contributed by atoms with van der Waals surface area (Å²) in [5.74, 6) is -0.0462. The van der Waals surface area contributed by atoms with Crippen LogP contribution in [0.4, 0.5) is 17.1 Å². The first-order chi connectivity index (χ1) is 14.5. The Labute approximate surface area is 174 Å². The summed E-state index contributed by atoms with van der Waals surface area (Å²) < 4.78 is 0. The van der Waals surface area contributed by atoms with Gasteiger partial charge in [-0.25, -0.2) is 0 Å². The molecular formula is C22H23N5O3. The van der Waals surface area contributed by atoms with E-state index in [2.05, 4.69) is 20.1 Å². The molecule has 0 unspecified atom stereocenters. The van der Waals surface area contributed by atoms with Gasteiger partial charge in [0.15, 0.2) is 0 Å². The molecule has 0 saturated carbocycles. The Bertz CT molecular complexity index is 1060. The van der Waals surface area contributed by atoms with Crippen LogP contribution in [-0.4, -0.2) is 52.9 Å². The molecule has 1 amide bonds. The first-order valence-electron chi connectivity index (χ1n) is 9.91. The average molecular weight is 405 g/mol. The largest absolute Gasteiger partial charge is 0.369 e. The Kier molecular flexibility index (Phi) is 5.58. The highest BCUT2D eigenvalue weighted by Crippen LogP contribution is 2.23. The van der Waals surface area contributed by atoms with Crippen molar-refractivity contribution in [1.82, 2.24) is 9.88 Å². The standard InChI is InChI=1S/C22H23N5O3/c1-16(22(28)24-21-6-2-5-20-19(21)4-3-11-23-20)25-12-14-26(15-13-25)17-7-9-18(10-8-17)27(29)30/h2-11,16H,12-15H2,1H3,(H,24,28)/t16-/m0/s1.